The highest BCUT2D eigenvalue weighted by atomic mass is 79.9. The van der Waals surface area contributed by atoms with E-state index in [4.69, 9.17) is 23.2 Å². The normalized spacial score (nSPS) is 10.5. The number of nitrogens with zero attached hydrogens (tertiary/aromatic N) is 2. The van der Waals surface area contributed by atoms with Crippen LogP contribution in [-0.2, 0) is 6.42 Å². The molecule has 6 heteroatoms. The molecule has 1 heterocycles. The van der Waals surface area contributed by atoms with E-state index in [0.29, 0.717) is 22.3 Å². The molecule has 3 nitrogen and oxygen atoms in total. The van der Waals surface area contributed by atoms with Crippen molar-refractivity contribution in [1.29, 1.82) is 0 Å². The Bertz CT molecular complexity index is 570. The van der Waals surface area contributed by atoms with Crippen LogP contribution in [0.2, 0.25) is 10.0 Å². The van der Waals surface area contributed by atoms with E-state index in [1.165, 1.54) is 0 Å². The molecular weight excluding hydrogens is 349 g/mol. The summed E-state index contributed by atoms with van der Waals surface area (Å²) in [7, 11) is 0. The van der Waals surface area contributed by atoms with Gasteiger partial charge in [0.15, 0.2) is 0 Å². The zero-order valence-corrected chi connectivity index (χ0v) is 13.3. The van der Waals surface area contributed by atoms with Crippen molar-refractivity contribution in [3.8, 4) is 0 Å². The molecule has 0 aliphatic heterocycles. The summed E-state index contributed by atoms with van der Waals surface area (Å²) in [5.74, 6) is 1.45. The Hall–Kier alpha value is -0.840. The second-order valence-corrected chi connectivity index (χ2v) is 5.56. The molecule has 0 radical (unpaired) electrons. The largest absolute Gasteiger partial charge is 0.369 e. The number of benzene rings is 1. The molecule has 0 bridgehead atoms. The number of hydrogen-bond acceptors (Lipinski definition) is 3. The second-order valence-electron chi connectivity index (χ2n) is 3.89. The van der Waals surface area contributed by atoms with Gasteiger partial charge >= 0.3 is 0 Å². The molecule has 2 rings (SSSR count). The van der Waals surface area contributed by atoms with Crippen LogP contribution >= 0.6 is 39.1 Å². The topological polar surface area (TPSA) is 37.8 Å². The highest BCUT2D eigenvalue weighted by Crippen LogP contribution is 2.27. The van der Waals surface area contributed by atoms with Crippen molar-refractivity contribution in [2.45, 2.75) is 13.3 Å². The van der Waals surface area contributed by atoms with Gasteiger partial charge in [0.25, 0.3) is 0 Å². The Labute approximate surface area is 130 Å². The molecule has 0 unspecified atom stereocenters. The van der Waals surface area contributed by atoms with E-state index in [1.54, 1.807) is 6.20 Å². The van der Waals surface area contributed by atoms with Gasteiger partial charge in [-0.1, -0.05) is 29.3 Å². The number of rotatable bonds is 4. The van der Waals surface area contributed by atoms with E-state index in [2.05, 4.69) is 31.2 Å². The van der Waals surface area contributed by atoms with Gasteiger partial charge in [0.2, 0.25) is 0 Å². The van der Waals surface area contributed by atoms with Crippen LogP contribution in [-0.4, -0.2) is 16.5 Å². The predicted octanol–water partition coefficient (Wildman–Crippen LogP) is 4.57. The van der Waals surface area contributed by atoms with Crippen molar-refractivity contribution >= 4 is 44.9 Å². The lowest BCUT2D eigenvalue weighted by atomic mass is 10.1. The summed E-state index contributed by atoms with van der Waals surface area (Å²) >= 11 is 15.7. The van der Waals surface area contributed by atoms with Crippen LogP contribution in [0.15, 0.2) is 28.9 Å². The van der Waals surface area contributed by atoms with E-state index < -0.39 is 0 Å². The van der Waals surface area contributed by atoms with Crippen LogP contribution < -0.4 is 5.32 Å². The summed E-state index contributed by atoms with van der Waals surface area (Å²) in [5, 5.41) is 4.42. The lowest BCUT2D eigenvalue weighted by Crippen LogP contribution is -2.05. The number of hydrogen-bond donors (Lipinski definition) is 1. The van der Waals surface area contributed by atoms with Crippen LogP contribution in [0.1, 0.15) is 18.3 Å². The minimum Gasteiger partial charge on any atom is -0.369 e. The van der Waals surface area contributed by atoms with E-state index in [9.17, 15) is 0 Å². The second kappa shape index (κ2) is 6.55. The first kappa shape index (κ1) is 14.6. The van der Waals surface area contributed by atoms with Gasteiger partial charge in [0.05, 0.1) is 4.47 Å². The van der Waals surface area contributed by atoms with Crippen LogP contribution in [0.25, 0.3) is 0 Å². The molecule has 0 aliphatic carbocycles. The Morgan fingerprint density at radius 1 is 1.26 bits per heavy atom. The molecule has 100 valence electrons. The Balaban J connectivity index is 2.31. The molecule has 0 amide bonds. The van der Waals surface area contributed by atoms with Gasteiger partial charge in [-0.25, -0.2) is 9.97 Å². The van der Waals surface area contributed by atoms with E-state index in [1.807, 2.05) is 25.1 Å². The fraction of sp³-hybridized carbons (Fsp3) is 0.231. The van der Waals surface area contributed by atoms with Crippen molar-refractivity contribution in [1.82, 2.24) is 9.97 Å². The molecule has 2 aromatic rings. The molecule has 1 aromatic heterocycles. The minimum atomic E-state index is 0.504. The fourth-order valence-electron chi connectivity index (χ4n) is 1.64. The molecule has 0 spiro atoms. The first-order valence-electron chi connectivity index (χ1n) is 5.80. The van der Waals surface area contributed by atoms with Gasteiger partial charge in [-0.05, 0) is 40.5 Å². The van der Waals surface area contributed by atoms with Gasteiger partial charge in [-0.15, -0.1) is 0 Å². The van der Waals surface area contributed by atoms with Crippen molar-refractivity contribution in [2.75, 3.05) is 11.9 Å². The van der Waals surface area contributed by atoms with E-state index >= 15 is 0 Å². The summed E-state index contributed by atoms with van der Waals surface area (Å²) in [4.78, 5) is 8.74. The first-order chi connectivity index (χ1) is 9.11. The van der Waals surface area contributed by atoms with E-state index in [-0.39, 0.29) is 0 Å². The third-order valence-corrected chi connectivity index (χ3v) is 3.82. The van der Waals surface area contributed by atoms with Crippen LogP contribution in [0.3, 0.4) is 0 Å². The number of halogens is 3. The molecule has 1 N–H and O–H groups in total. The van der Waals surface area contributed by atoms with Gasteiger partial charge in [-0.2, -0.15) is 0 Å². The van der Waals surface area contributed by atoms with Crippen LogP contribution in [0.4, 0.5) is 5.82 Å². The molecule has 0 atom stereocenters. The zero-order chi connectivity index (χ0) is 13.8. The summed E-state index contributed by atoms with van der Waals surface area (Å²) in [5.41, 5.74) is 0.843. The van der Waals surface area contributed by atoms with Gasteiger partial charge in [0, 0.05) is 29.2 Å². The summed E-state index contributed by atoms with van der Waals surface area (Å²) in [6, 6.07) is 5.44. The Morgan fingerprint density at radius 2 is 1.95 bits per heavy atom. The molecule has 0 fully saturated rings. The van der Waals surface area contributed by atoms with Crippen molar-refractivity contribution < 1.29 is 0 Å². The van der Waals surface area contributed by atoms with Crippen LogP contribution in [0.5, 0.6) is 0 Å². The predicted molar refractivity (Wildman–Crippen MR) is 83.2 cm³/mol. The third-order valence-electron chi connectivity index (χ3n) is 2.53. The number of anilines is 1. The number of nitrogens with one attached hydrogen (secondary N) is 1. The van der Waals surface area contributed by atoms with Crippen molar-refractivity contribution in [3.63, 3.8) is 0 Å². The maximum Gasteiger partial charge on any atom is 0.144 e. The molecule has 0 saturated carbocycles. The summed E-state index contributed by atoms with van der Waals surface area (Å²) < 4.78 is 0.836. The minimum absolute atomic E-state index is 0.504. The Morgan fingerprint density at radius 3 is 2.58 bits per heavy atom. The SMILES string of the molecule is CCNc1nc(Cc2c(Cl)cccc2Cl)ncc1Br. The molecular formula is C13H12BrCl2N3. The standard InChI is InChI=1S/C13H12BrCl2N3/c1-2-17-13-9(14)7-18-12(19-13)6-8-10(15)4-3-5-11(8)16/h3-5,7H,2,6H2,1H3,(H,17,18,19). The van der Waals surface area contributed by atoms with Crippen LogP contribution in [0, 0.1) is 0 Å². The average Bonchev–Trinajstić information content (AvgIpc) is 2.38. The molecule has 1 aromatic carbocycles. The molecule has 19 heavy (non-hydrogen) atoms. The summed E-state index contributed by atoms with van der Waals surface area (Å²) in [6.07, 6.45) is 2.23. The van der Waals surface area contributed by atoms with E-state index in [0.717, 1.165) is 22.4 Å². The van der Waals surface area contributed by atoms with Gasteiger partial charge in [-0.3, -0.25) is 0 Å². The maximum atomic E-state index is 6.15. The third kappa shape index (κ3) is 3.59. The van der Waals surface area contributed by atoms with Gasteiger partial charge < -0.3 is 5.32 Å². The monoisotopic (exact) mass is 359 g/mol. The number of aromatic nitrogens is 2. The lowest BCUT2D eigenvalue weighted by Gasteiger charge is -2.09. The molecule has 0 saturated heterocycles. The molecule has 0 aliphatic rings. The maximum absolute atomic E-state index is 6.15. The smallest absolute Gasteiger partial charge is 0.144 e. The Kier molecular flexibility index (Phi) is 5.02. The highest BCUT2D eigenvalue weighted by Gasteiger charge is 2.10. The lowest BCUT2D eigenvalue weighted by molar-refractivity contribution is 0.956. The van der Waals surface area contributed by atoms with Crippen molar-refractivity contribution in [2.24, 2.45) is 0 Å². The highest BCUT2D eigenvalue weighted by molar-refractivity contribution is 9.10. The fourth-order valence-corrected chi connectivity index (χ4v) is 2.50. The van der Waals surface area contributed by atoms with Gasteiger partial charge in [0.1, 0.15) is 11.6 Å². The first-order valence-corrected chi connectivity index (χ1v) is 7.35. The quantitative estimate of drug-likeness (QED) is 0.867. The zero-order valence-electron chi connectivity index (χ0n) is 10.3. The van der Waals surface area contributed by atoms with Crippen molar-refractivity contribution in [3.05, 3.63) is 50.3 Å². The average molecular weight is 361 g/mol. The summed E-state index contributed by atoms with van der Waals surface area (Å²) in [6.45, 7) is 2.81.